The lowest BCUT2D eigenvalue weighted by Crippen LogP contribution is -1.92. The Morgan fingerprint density at radius 2 is 2.13 bits per heavy atom. The largest absolute Gasteiger partial charge is 0.399 e. The minimum atomic E-state index is 0.782. The highest BCUT2D eigenvalue weighted by atomic mass is 15.2. The number of nitrogens with two attached hydrogens (primary N) is 1. The lowest BCUT2D eigenvalue weighted by Gasteiger charge is -2.01. The molecule has 3 aromatic rings. The van der Waals surface area contributed by atoms with Crippen molar-refractivity contribution >= 4 is 16.6 Å². The number of hydrogen-bond acceptors (Lipinski definition) is 2. The van der Waals surface area contributed by atoms with Crippen LogP contribution in [0.1, 0.15) is 0 Å². The summed E-state index contributed by atoms with van der Waals surface area (Å²) in [6.45, 7) is 0. The second kappa shape index (κ2) is 2.88. The molecule has 0 saturated heterocycles. The minimum absolute atomic E-state index is 0.782. The van der Waals surface area contributed by atoms with E-state index in [1.54, 1.807) is 6.20 Å². The molecule has 3 rings (SSSR count). The van der Waals surface area contributed by atoms with Crippen molar-refractivity contribution in [1.82, 2.24) is 14.8 Å². The first-order chi connectivity index (χ1) is 7.34. The molecule has 0 unspecified atom stereocenters. The van der Waals surface area contributed by atoms with Crippen LogP contribution >= 0.6 is 0 Å². The highest BCUT2D eigenvalue weighted by Gasteiger charge is 2.03. The number of fused-ring (bicyclic) bond motifs is 1. The predicted octanol–water partition coefficient (Wildman–Crippen LogP) is 1.94. The van der Waals surface area contributed by atoms with Gasteiger partial charge < -0.3 is 10.3 Å². The lowest BCUT2D eigenvalue weighted by molar-refractivity contribution is 0.988. The van der Waals surface area contributed by atoms with E-state index in [1.807, 2.05) is 41.1 Å². The van der Waals surface area contributed by atoms with Gasteiger partial charge in [-0.2, -0.15) is 5.10 Å². The molecule has 1 aromatic carbocycles. The summed E-state index contributed by atoms with van der Waals surface area (Å²) in [5.41, 5.74) is 7.62. The fraction of sp³-hybridized carbons (Fsp3) is 0. The summed E-state index contributed by atoms with van der Waals surface area (Å²) < 4.78 is 2.04. The highest BCUT2D eigenvalue weighted by Crippen LogP contribution is 2.21. The van der Waals surface area contributed by atoms with Gasteiger partial charge in [-0.25, -0.2) is 0 Å². The van der Waals surface area contributed by atoms with Gasteiger partial charge in [0.1, 0.15) is 5.82 Å². The maximum absolute atomic E-state index is 5.72. The van der Waals surface area contributed by atoms with Crippen molar-refractivity contribution in [2.45, 2.75) is 0 Å². The van der Waals surface area contributed by atoms with E-state index in [0.29, 0.717) is 0 Å². The molecular formula is C11H10N4. The third-order valence-corrected chi connectivity index (χ3v) is 2.46. The molecule has 0 aliphatic carbocycles. The Bertz CT molecular complexity index is 592. The topological polar surface area (TPSA) is 59.6 Å². The van der Waals surface area contributed by atoms with Crippen molar-refractivity contribution in [2.24, 2.45) is 0 Å². The van der Waals surface area contributed by atoms with Crippen LogP contribution in [0.15, 0.2) is 42.7 Å². The first-order valence-corrected chi connectivity index (χ1v) is 4.71. The molecule has 0 amide bonds. The molecule has 3 N–H and O–H groups in total. The van der Waals surface area contributed by atoms with E-state index >= 15 is 0 Å². The summed E-state index contributed by atoms with van der Waals surface area (Å²) >= 11 is 0. The molecule has 0 spiro atoms. The van der Waals surface area contributed by atoms with Gasteiger partial charge in [0.15, 0.2) is 0 Å². The van der Waals surface area contributed by atoms with E-state index < -0.39 is 0 Å². The number of rotatable bonds is 1. The zero-order chi connectivity index (χ0) is 10.3. The molecule has 0 aliphatic rings. The number of nitrogens with zero attached hydrogens (tertiary/aromatic N) is 2. The molecule has 4 nitrogen and oxygen atoms in total. The zero-order valence-electron chi connectivity index (χ0n) is 8.01. The molecule has 0 atom stereocenters. The van der Waals surface area contributed by atoms with Crippen molar-refractivity contribution < 1.29 is 0 Å². The highest BCUT2D eigenvalue weighted by molar-refractivity contribution is 5.84. The van der Waals surface area contributed by atoms with E-state index in [9.17, 15) is 0 Å². The van der Waals surface area contributed by atoms with Crippen LogP contribution < -0.4 is 5.73 Å². The van der Waals surface area contributed by atoms with Crippen molar-refractivity contribution in [3.63, 3.8) is 0 Å². The van der Waals surface area contributed by atoms with Crippen LogP contribution in [-0.4, -0.2) is 14.8 Å². The quantitative estimate of drug-likeness (QED) is 0.587. The Hall–Kier alpha value is -2.23. The van der Waals surface area contributed by atoms with Gasteiger partial charge in [-0.05, 0) is 24.3 Å². The Morgan fingerprint density at radius 1 is 1.20 bits per heavy atom. The van der Waals surface area contributed by atoms with E-state index in [0.717, 1.165) is 22.4 Å². The van der Waals surface area contributed by atoms with Crippen LogP contribution in [-0.2, 0) is 0 Å². The predicted molar refractivity (Wildman–Crippen MR) is 59.8 cm³/mol. The maximum atomic E-state index is 5.72. The summed E-state index contributed by atoms with van der Waals surface area (Å²) in [5, 5.41) is 7.99. The van der Waals surface area contributed by atoms with E-state index in [-0.39, 0.29) is 0 Å². The average molecular weight is 198 g/mol. The van der Waals surface area contributed by atoms with Crippen molar-refractivity contribution in [1.29, 1.82) is 0 Å². The van der Waals surface area contributed by atoms with Gasteiger partial charge >= 0.3 is 0 Å². The Labute approximate surface area is 86.3 Å². The Morgan fingerprint density at radius 3 is 2.93 bits per heavy atom. The van der Waals surface area contributed by atoms with Crippen molar-refractivity contribution in [3.8, 4) is 5.82 Å². The normalized spacial score (nSPS) is 10.9. The summed E-state index contributed by atoms with van der Waals surface area (Å²) in [4.78, 5) is 0. The fourth-order valence-electron chi connectivity index (χ4n) is 1.75. The summed E-state index contributed by atoms with van der Waals surface area (Å²) in [7, 11) is 0. The average Bonchev–Trinajstić information content (AvgIpc) is 2.82. The Balaban J connectivity index is 2.29. The van der Waals surface area contributed by atoms with Gasteiger partial charge in [0.25, 0.3) is 0 Å². The standard InChI is InChI=1S/C11H10N4/c12-9-1-2-10-8(7-9)4-6-15(10)11-3-5-13-14-11/h1-7H,12H2,(H,13,14). The van der Waals surface area contributed by atoms with Crippen molar-refractivity contribution in [2.75, 3.05) is 5.73 Å². The van der Waals surface area contributed by atoms with Gasteiger partial charge in [-0.15, -0.1) is 0 Å². The van der Waals surface area contributed by atoms with Gasteiger partial charge in [0.05, 0.1) is 11.7 Å². The number of hydrogen-bond donors (Lipinski definition) is 2. The molecule has 15 heavy (non-hydrogen) atoms. The van der Waals surface area contributed by atoms with Crippen LogP contribution in [0.5, 0.6) is 0 Å². The molecule has 2 heterocycles. The number of anilines is 1. The SMILES string of the molecule is Nc1ccc2c(ccn2-c2ccn[nH]2)c1. The molecule has 0 saturated carbocycles. The van der Waals surface area contributed by atoms with E-state index in [4.69, 9.17) is 5.73 Å². The minimum Gasteiger partial charge on any atom is -0.399 e. The fourth-order valence-corrected chi connectivity index (χ4v) is 1.75. The van der Waals surface area contributed by atoms with Crippen LogP contribution in [0.25, 0.3) is 16.7 Å². The van der Waals surface area contributed by atoms with Gasteiger partial charge in [-0.1, -0.05) is 0 Å². The lowest BCUT2D eigenvalue weighted by atomic mass is 10.2. The number of nitrogen functional groups attached to an aromatic ring is 1. The monoisotopic (exact) mass is 198 g/mol. The van der Waals surface area contributed by atoms with Crippen LogP contribution in [0.2, 0.25) is 0 Å². The van der Waals surface area contributed by atoms with Gasteiger partial charge in [-0.3, -0.25) is 5.10 Å². The van der Waals surface area contributed by atoms with Gasteiger partial charge in [0.2, 0.25) is 0 Å². The summed E-state index contributed by atoms with van der Waals surface area (Å²) in [5.74, 6) is 0.953. The summed E-state index contributed by atoms with van der Waals surface area (Å²) in [6, 6.07) is 9.82. The number of aromatic nitrogens is 3. The Kier molecular flexibility index (Phi) is 1.56. The molecular weight excluding hydrogens is 188 g/mol. The molecule has 4 heteroatoms. The molecule has 0 aliphatic heterocycles. The first-order valence-electron chi connectivity index (χ1n) is 4.71. The maximum Gasteiger partial charge on any atom is 0.132 e. The van der Waals surface area contributed by atoms with E-state index in [2.05, 4.69) is 10.2 Å². The third-order valence-electron chi connectivity index (χ3n) is 2.46. The zero-order valence-corrected chi connectivity index (χ0v) is 8.01. The number of aromatic amines is 1. The number of nitrogens with one attached hydrogen (secondary N) is 1. The second-order valence-corrected chi connectivity index (χ2v) is 3.45. The molecule has 2 aromatic heterocycles. The third kappa shape index (κ3) is 1.19. The molecule has 0 radical (unpaired) electrons. The summed E-state index contributed by atoms with van der Waals surface area (Å²) in [6.07, 6.45) is 3.73. The smallest absolute Gasteiger partial charge is 0.132 e. The molecule has 74 valence electrons. The second-order valence-electron chi connectivity index (χ2n) is 3.45. The molecule has 0 fully saturated rings. The van der Waals surface area contributed by atoms with Crippen LogP contribution in [0, 0.1) is 0 Å². The van der Waals surface area contributed by atoms with Crippen LogP contribution in [0.3, 0.4) is 0 Å². The van der Waals surface area contributed by atoms with E-state index in [1.165, 1.54) is 0 Å². The van der Waals surface area contributed by atoms with Crippen molar-refractivity contribution in [3.05, 3.63) is 42.7 Å². The number of benzene rings is 1. The first kappa shape index (κ1) is 8.11. The number of H-pyrrole nitrogens is 1. The molecule has 0 bridgehead atoms. The van der Waals surface area contributed by atoms with Crippen LogP contribution in [0.4, 0.5) is 5.69 Å². The van der Waals surface area contributed by atoms with Gasteiger partial charge in [0, 0.05) is 23.3 Å².